The first-order valence-electron chi connectivity index (χ1n) is 8.32. The molecule has 1 aliphatic heterocycles. The molecule has 0 aliphatic carbocycles. The number of fused-ring (bicyclic) bond motifs is 1. The van der Waals surface area contributed by atoms with Crippen LogP contribution in [0.1, 0.15) is 24.3 Å². The summed E-state index contributed by atoms with van der Waals surface area (Å²) in [5, 5.41) is 3.93. The average Bonchev–Trinajstić information content (AvgIpc) is 3.21. The minimum absolute atomic E-state index is 0.0231. The van der Waals surface area contributed by atoms with E-state index in [1.807, 2.05) is 12.1 Å². The highest BCUT2D eigenvalue weighted by Crippen LogP contribution is 2.36. The average molecular weight is 357 g/mol. The number of anilines is 1. The van der Waals surface area contributed by atoms with Gasteiger partial charge in [0.25, 0.3) is 0 Å². The first kappa shape index (κ1) is 16.5. The molecule has 1 unspecified atom stereocenters. The van der Waals surface area contributed by atoms with Crippen molar-refractivity contribution in [2.75, 3.05) is 11.4 Å². The summed E-state index contributed by atoms with van der Waals surface area (Å²) < 4.78 is 35.0. The van der Waals surface area contributed by atoms with Crippen molar-refractivity contribution in [3.63, 3.8) is 0 Å². The molecule has 0 fully saturated rings. The summed E-state index contributed by atoms with van der Waals surface area (Å²) in [5.74, 6) is 1.11. The van der Waals surface area contributed by atoms with Crippen molar-refractivity contribution in [1.29, 1.82) is 0 Å². The van der Waals surface area contributed by atoms with E-state index in [0.29, 0.717) is 23.9 Å². The third-order valence-corrected chi connectivity index (χ3v) is 4.44. The maximum Gasteiger partial charge on any atom is 0.387 e. The van der Waals surface area contributed by atoms with Gasteiger partial charge >= 0.3 is 6.61 Å². The Morgan fingerprint density at radius 2 is 1.96 bits per heavy atom. The summed E-state index contributed by atoms with van der Waals surface area (Å²) in [5.41, 5.74) is 2.82. The Labute approximate surface area is 149 Å². The smallest absolute Gasteiger partial charge is 0.387 e. The maximum absolute atomic E-state index is 12.6. The van der Waals surface area contributed by atoms with E-state index in [2.05, 4.69) is 38.8 Å². The minimum Gasteiger partial charge on any atom is -0.434 e. The molecule has 134 valence electrons. The number of para-hydroxylation sites is 2. The van der Waals surface area contributed by atoms with E-state index in [1.54, 1.807) is 18.2 Å². The van der Waals surface area contributed by atoms with Crippen molar-refractivity contribution in [1.82, 2.24) is 10.1 Å². The zero-order chi connectivity index (χ0) is 18.1. The van der Waals surface area contributed by atoms with Gasteiger partial charge in [-0.1, -0.05) is 42.4 Å². The number of hydrogen-bond acceptors (Lipinski definition) is 5. The van der Waals surface area contributed by atoms with Crippen LogP contribution in [0.15, 0.2) is 53.1 Å². The first-order chi connectivity index (χ1) is 12.6. The van der Waals surface area contributed by atoms with E-state index < -0.39 is 6.61 Å². The van der Waals surface area contributed by atoms with Crippen molar-refractivity contribution in [2.45, 2.75) is 26.0 Å². The molecule has 0 radical (unpaired) electrons. The van der Waals surface area contributed by atoms with Crippen molar-refractivity contribution in [3.05, 3.63) is 60.0 Å². The molecule has 1 atom stereocenters. The molecule has 0 bridgehead atoms. The Morgan fingerprint density at radius 1 is 1.19 bits per heavy atom. The van der Waals surface area contributed by atoms with Crippen LogP contribution in [0.4, 0.5) is 14.5 Å². The van der Waals surface area contributed by atoms with Crippen LogP contribution in [0.25, 0.3) is 11.4 Å². The molecule has 0 saturated heterocycles. The zero-order valence-electron chi connectivity index (χ0n) is 14.1. The topological polar surface area (TPSA) is 51.4 Å². The van der Waals surface area contributed by atoms with Crippen LogP contribution in [0.2, 0.25) is 0 Å². The number of hydrogen-bond donors (Lipinski definition) is 0. The summed E-state index contributed by atoms with van der Waals surface area (Å²) in [6.45, 7) is 0.592. The van der Waals surface area contributed by atoms with Crippen LogP contribution in [-0.2, 0) is 6.54 Å². The van der Waals surface area contributed by atoms with E-state index in [0.717, 1.165) is 12.2 Å². The molecule has 3 aromatic rings. The Morgan fingerprint density at radius 3 is 2.81 bits per heavy atom. The van der Waals surface area contributed by atoms with Gasteiger partial charge in [-0.3, -0.25) is 0 Å². The molecule has 26 heavy (non-hydrogen) atoms. The third-order valence-electron chi connectivity index (χ3n) is 4.44. The van der Waals surface area contributed by atoms with E-state index in [1.165, 1.54) is 11.6 Å². The molecule has 1 aromatic heterocycles. The minimum atomic E-state index is -2.91. The van der Waals surface area contributed by atoms with Gasteiger partial charge < -0.3 is 14.2 Å². The van der Waals surface area contributed by atoms with Gasteiger partial charge in [0.1, 0.15) is 5.75 Å². The van der Waals surface area contributed by atoms with Gasteiger partial charge in [-0.15, -0.1) is 0 Å². The van der Waals surface area contributed by atoms with Crippen molar-refractivity contribution >= 4 is 5.69 Å². The molecule has 2 aromatic carbocycles. The van der Waals surface area contributed by atoms with Crippen LogP contribution in [0, 0.1) is 0 Å². The molecule has 0 amide bonds. The Balaban J connectivity index is 1.57. The molecule has 4 rings (SSSR count). The molecule has 0 N–H and O–H groups in total. The van der Waals surface area contributed by atoms with E-state index in [-0.39, 0.29) is 11.6 Å². The standard InChI is InChI=1S/C19H17F2N3O2/c1-12-10-24(15-8-4-2-6-13(12)15)11-17-22-18(23-26-17)14-7-3-5-9-16(14)25-19(20)21/h2-9,12,19H,10-11H2,1H3. The fourth-order valence-corrected chi connectivity index (χ4v) is 3.31. The van der Waals surface area contributed by atoms with Gasteiger partial charge in [0.15, 0.2) is 0 Å². The predicted octanol–water partition coefficient (Wildman–Crippen LogP) is 4.46. The fraction of sp³-hybridized carbons (Fsp3) is 0.263. The predicted molar refractivity (Wildman–Crippen MR) is 92.3 cm³/mol. The number of benzene rings is 2. The molecular weight excluding hydrogens is 340 g/mol. The van der Waals surface area contributed by atoms with Crippen LogP contribution in [0.3, 0.4) is 0 Å². The lowest BCUT2D eigenvalue weighted by atomic mass is 10.0. The SMILES string of the molecule is CC1CN(Cc2nc(-c3ccccc3OC(F)F)no2)c2ccccc21. The van der Waals surface area contributed by atoms with Crippen molar-refractivity contribution < 1.29 is 18.0 Å². The third kappa shape index (κ3) is 3.12. The van der Waals surface area contributed by atoms with E-state index in [9.17, 15) is 8.78 Å². The first-order valence-corrected chi connectivity index (χ1v) is 8.32. The summed E-state index contributed by atoms with van der Waals surface area (Å²) in [6, 6.07) is 14.6. The second-order valence-electron chi connectivity index (χ2n) is 6.23. The summed E-state index contributed by atoms with van der Waals surface area (Å²) in [6.07, 6.45) is 0. The number of alkyl halides is 2. The van der Waals surface area contributed by atoms with Crippen LogP contribution < -0.4 is 9.64 Å². The summed E-state index contributed by atoms with van der Waals surface area (Å²) >= 11 is 0. The van der Waals surface area contributed by atoms with Gasteiger partial charge in [0.05, 0.1) is 12.1 Å². The second-order valence-corrected chi connectivity index (χ2v) is 6.23. The van der Waals surface area contributed by atoms with Gasteiger partial charge in [-0.05, 0) is 23.8 Å². The molecule has 0 spiro atoms. The molecule has 7 heteroatoms. The second kappa shape index (κ2) is 6.74. The lowest BCUT2D eigenvalue weighted by Crippen LogP contribution is -2.20. The fourth-order valence-electron chi connectivity index (χ4n) is 3.31. The van der Waals surface area contributed by atoms with E-state index >= 15 is 0 Å². The molecule has 2 heterocycles. The molecule has 1 aliphatic rings. The van der Waals surface area contributed by atoms with Crippen LogP contribution in [-0.4, -0.2) is 23.3 Å². The number of ether oxygens (including phenoxy) is 1. The normalized spacial score (nSPS) is 16.2. The Kier molecular flexibility index (Phi) is 4.28. The van der Waals surface area contributed by atoms with Gasteiger partial charge in [-0.25, -0.2) is 0 Å². The number of rotatable bonds is 5. The number of halogens is 2. The largest absolute Gasteiger partial charge is 0.434 e. The Hall–Kier alpha value is -2.96. The molecule has 0 saturated carbocycles. The van der Waals surface area contributed by atoms with Gasteiger partial charge in [-0.2, -0.15) is 13.8 Å². The van der Waals surface area contributed by atoms with Crippen molar-refractivity contribution in [3.8, 4) is 17.1 Å². The maximum atomic E-state index is 12.6. The molecular formula is C19H17F2N3O2. The van der Waals surface area contributed by atoms with E-state index in [4.69, 9.17) is 4.52 Å². The number of aromatic nitrogens is 2. The highest BCUT2D eigenvalue weighted by atomic mass is 19.3. The highest BCUT2D eigenvalue weighted by molar-refractivity contribution is 5.64. The van der Waals surface area contributed by atoms with Gasteiger partial charge in [0.2, 0.25) is 11.7 Å². The number of nitrogens with zero attached hydrogens (tertiary/aromatic N) is 3. The van der Waals surface area contributed by atoms with Gasteiger partial charge in [0, 0.05) is 18.2 Å². The lowest BCUT2D eigenvalue weighted by Gasteiger charge is -2.16. The lowest BCUT2D eigenvalue weighted by molar-refractivity contribution is -0.0494. The summed E-state index contributed by atoms with van der Waals surface area (Å²) in [4.78, 5) is 6.54. The molecule has 5 nitrogen and oxygen atoms in total. The zero-order valence-corrected chi connectivity index (χ0v) is 14.1. The monoisotopic (exact) mass is 357 g/mol. The highest BCUT2D eigenvalue weighted by Gasteiger charge is 2.26. The Bertz CT molecular complexity index is 913. The van der Waals surface area contributed by atoms with Crippen molar-refractivity contribution in [2.24, 2.45) is 0 Å². The quantitative estimate of drug-likeness (QED) is 0.675. The summed E-state index contributed by atoms with van der Waals surface area (Å²) in [7, 11) is 0. The van der Waals surface area contributed by atoms with Crippen LogP contribution in [0.5, 0.6) is 5.75 Å². The van der Waals surface area contributed by atoms with Crippen LogP contribution >= 0.6 is 0 Å².